The zero-order valence-corrected chi connectivity index (χ0v) is 18.3. The molecule has 0 saturated heterocycles. The number of phenols is 1. The van der Waals surface area contributed by atoms with Gasteiger partial charge in [-0.15, -0.1) is 0 Å². The standard InChI is InChI=1S/C25H25ClN2O3/c1-3-31-18-11-8-16(9-12-18)21-15-22(20-14-17(26)10-13-23(20)29)28-25(27-21)19-6-4-5-7-24(19)30-2/h4-14,22,25,28-29H,3,15H2,1-2H3/t22-,25+/m1/s1. The van der Waals surface area contributed by atoms with E-state index in [-0.39, 0.29) is 18.0 Å². The minimum absolute atomic E-state index is 0.173. The van der Waals surface area contributed by atoms with Crippen LogP contribution in [0.3, 0.4) is 0 Å². The van der Waals surface area contributed by atoms with Gasteiger partial charge in [0.25, 0.3) is 0 Å². The molecule has 1 aliphatic rings. The van der Waals surface area contributed by atoms with E-state index < -0.39 is 0 Å². The lowest BCUT2D eigenvalue weighted by atomic mass is 9.93. The predicted octanol–water partition coefficient (Wildman–Crippen LogP) is 5.68. The Hall–Kier alpha value is -3.02. The van der Waals surface area contributed by atoms with E-state index in [4.69, 9.17) is 26.1 Å². The van der Waals surface area contributed by atoms with Crippen LogP contribution in [0.5, 0.6) is 17.2 Å². The normalized spacial score (nSPS) is 18.4. The molecule has 2 N–H and O–H groups in total. The van der Waals surface area contributed by atoms with Gasteiger partial charge in [0.1, 0.15) is 23.4 Å². The van der Waals surface area contributed by atoms with E-state index in [1.165, 1.54) is 0 Å². The maximum atomic E-state index is 10.5. The van der Waals surface area contributed by atoms with Crippen molar-refractivity contribution < 1.29 is 14.6 Å². The molecule has 0 spiro atoms. The number of para-hydroxylation sites is 1. The van der Waals surface area contributed by atoms with Crippen molar-refractivity contribution in [3.63, 3.8) is 0 Å². The van der Waals surface area contributed by atoms with E-state index in [2.05, 4.69) is 5.32 Å². The van der Waals surface area contributed by atoms with Crippen molar-refractivity contribution in [2.24, 2.45) is 4.99 Å². The highest BCUT2D eigenvalue weighted by atomic mass is 35.5. The first-order chi connectivity index (χ1) is 15.1. The Morgan fingerprint density at radius 3 is 2.58 bits per heavy atom. The van der Waals surface area contributed by atoms with Gasteiger partial charge in [-0.25, -0.2) is 0 Å². The highest BCUT2D eigenvalue weighted by Gasteiger charge is 2.29. The predicted molar refractivity (Wildman–Crippen MR) is 123 cm³/mol. The average molecular weight is 437 g/mol. The number of nitrogens with one attached hydrogen (secondary N) is 1. The molecule has 31 heavy (non-hydrogen) atoms. The van der Waals surface area contributed by atoms with Crippen molar-refractivity contribution >= 4 is 17.3 Å². The first kappa shape index (κ1) is 21.2. The summed E-state index contributed by atoms with van der Waals surface area (Å²) < 4.78 is 11.1. The van der Waals surface area contributed by atoms with Crippen LogP contribution in [0.2, 0.25) is 5.02 Å². The zero-order valence-electron chi connectivity index (χ0n) is 17.5. The van der Waals surface area contributed by atoms with Gasteiger partial charge in [-0.3, -0.25) is 10.3 Å². The number of rotatable bonds is 6. The molecule has 1 aliphatic heterocycles. The van der Waals surface area contributed by atoms with Crippen LogP contribution >= 0.6 is 11.6 Å². The first-order valence-electron chi connectivity index (χ1n) is 10.3. The molecule has 0 fully saturated rings. The first-order valence-corrected chi connectivity index (χ1v) is 10.6. The fraction of sp³-hybridized carbons (Fsp3) is 0.240. The molecule has 4 rings (SSSR count). The molecule has 0 bridgehead atoms. The van der Waals surface area contributed by atoms with E-state index in [1.54, 1.807) is 25.3 Å². The second-order valence-electron chi connectivity index (χ2n) is 7.30. The van der Waals surface area contributed by atoms with Crippen molar-refractivity contribution in [1.29, 1.82) is 0 Å². The summed E-state index contributed by atoms with van der Waals surface area (Å²) in [5.74, 6) is 1.78. The number of methoxy groups -OCH3 is 1. The zero-order chi connectivity index (χ0) is 21.8. The van der Waals surface area contributed by atoms with Gasteiger partial charge in [0.15, 0.2) is 0 Å². The summed E-state index contributed by atoms with van der Waals surface area (Å²) in [7, 11) is 1.65. The van der Waals surface area contributed by atoms with Crippen LogP contribution in [0.15, 0.2) is 71.7 Å². The number of halogens is 1. The second kappa shape index (κ2) is 9.41. The number of aromatic hydroxyl groups is 1. The van der Waals surface area contributed by atoms with Crippen LogP contribution in [0, 0.1) is 0 Å². The molecule has 6 heteroatoms. The lowest BCUT2D eigenvalue weighted by molar-refractivity contribution is 0.340. The molecule has 1 heterocycles. The number of hydrogen-bond acceptors (Lipinski definition) is 5. The van der Waals surface area contributed by atoms with Crippen molar-refractivity contribution in [2.45, 2.75) is 25.6 Å². The number of aliphatic imine (C=N–C) groups is 1. The number of hydrogen-bond donors (Lipinski definition) is 2. The summed E-state index contributed by atoms with van der Waals surface area (Å²) in [6.07, 6.45) is 0.267. The van der Waals surface area contributed by atoms with E-state index in [9.17, 15) is 5.11 Å². The molecule has 2 atom stereocenters. The van der Waals surface area contributed by atoms with E-state index in [0.29, 0.717) is 18.1 Å². The second-order valence-corrected chi connectivity index (χ2v) is 7.74. The highest BCUT2D eigenvalue weighted by Crippen LogP contribution is 2.37. The monoisotopic (exact) mass is 436 g/mol. The maximum Gasteiger partial charge on any atom is 0.129 e. The Kier molecular flexibility index (Phi) is 6.44. The molecular formula is C25H25ClN2O3. The lowest BCUT2D eigenvalue weighted by Crippen LogP contribution is -2.33. The van der Waals surface area contributed by atoms with Crippen molar-refractivity contribution in [1.82, 2.24) is 5.32 Å². The molecule has 0 amide bonds. The molecule has 0 saturated carbocycles. The van der Waals surface area contributed by atoms with Gasteiger partial charge in [-0.2, -0.15) is 0 Å². The van der Waals surface area contributed by atoms with Crippen LogP contribution in [0.1, 0.15) is 42.2 Å². The third-order valence-corrected chi connectivity index (χ3v) is 5.57. The third-order valence-electron chi connectivity index (χ3n) is 5.34. The van der Waals surface area contributed by atoms with Gasteiger partial charge in [0.2, 0.25) is 0 Å². The molecular weight excluding hydrogens is 412 g/mol. The van der Waals surface area contributed by atoms with Crippen LogP contribution in [0.4, 0.5) is 0 Å². The van der Waals surface area contributed by atoms with E-state index in [1.807, 2.05) is 55.5 Å². The third kappa shape index (κ3) is 4.68. The molecule has 3 aromatic carbocycles. The van der Waals surface area contributed by atoms with Gasteiger partial charge in [0, 0.05) is 34.3 Å². The van der Waals surface area contributed by atoms with Gasteiger partial charge >= 0.3 is 0 Å². The number of phenolic OH excluding ortho intramolecular Hbond substituents is 1. The summed E-state index contributed by atoms with van der Waals surface area (Å²) in [6, 6.07) is 20.7. The average Bonchev–Trinajstić information content (AvgIpc) is 2.81. The van der Waals surface area contributed by atoms with Crippen LogP contribution in [-0.2, 0) is 0 Å². The number of ether oxygens (including phenoxy) is 2. The Balaban J connectivity index is 1.76. The molecule has 5 nitrogen and oxygen atoms in total. The summed E-state index contributed by atoms with van der Waals surface area (Å²) >= 11 is 6.23. The highest BCUT2D eigenvalue weighted by molar-refractivity contribution is 6.30. The maximum absolute atomic E-state index is 10.5. The van der Waals surface area contributed by atoms with Crippen LogP contribution in [-0.4, -0.2) is 24.5 Å². The molecule has 0 radical (unpaired) electrons. The van der Waals surface area contributed by atoms with Crippen LogP contribution < -0.4 is 14.8 Å². The van der Waals surface area contributed by atoms with Gasteiger partial charge in [0.05, 0.1) is 13.7 Å². The Morgan fingerprint density at radius 1 is 1.06 bits per heavy atom. The summed E-state index contributed by atoms with van der Waals surface area (Å²) in [6.45, 7) is 2.58. The number of benzene rings is 3. The van der Waals surface area contributed by atoms with Gasteiger partial charge in [-0.05, 0) is 61.0 Å². The van der Waals surface area contributed by atoms with Crippen LogP contribution in [0.25, 0.3) is 0 Å². The SMILES string of the molecule is CCOc1ccc(C2=N[C@H](c3ccccc3OC)N[C@@H](c3cc(Cl)ccc3O)C2)cc1. The molecule has 0 aliphatic carbocycles. The van der Waals surface area contributed by atoms with E-state index >= 15 is 0 Å². The molecule has 3 aromatic rings. The van der Waals surface area contributed by atoms with Gasteiger partial charge in [-0.1, -0.05) is 29.8 Å². The Bertz CT molecular complexity index is 1080. The summed E-state index contributed by atoms with van der Waals surface area (Å²) in [5, 5.41) is 14.6. The van der Waals surface area contributed by atoms with Crippen molar-refractivity contribution in [2.75, 3.05) is 13.7 Å². The lowest BCUT2D eigenvalue weighted by Gasteiger charge is -2.31. The minimum atomic E-state index is -0.338. The largest absolute Gasteiger partial charge is 0.508 e. The van der Waals surface area contributed by atoms with Crippen molar-refractivity contribution in [3.8, 4) is 17.2 Å². The Morgan fingerprint density at radius 2 is 1.84 bits per heavy atom. The molecule has 0 unspecified atom stereocenters. The smallest absolute Gasteiger partial charge is 0.129 e. The van der Waals surface area contributed by atoms with Gasteiger partial charge < -0.3 is 14.6 Å². The molecule has 160 valence electrons. The molecule has 0 aromatic heterocycles. The summed E-state index contributed by atoms with van der Waals surface area (Å²) in [4.78, 5) is 5.00. The fourth-order valence-electron chi connectivity index (χ4n) is 3.85. The Labute approximate surface area is 187 Å². The minimum Gasteiger partial charge on any atom is -0.508 e. The quantitative estimate of drug-likeness (QED) is 0.522. The van der Waals surface area contributed by atoms with E-state index in [0.717, 1.165) is 33.9 Å². The fourth-order valence-corrected chi connectivity index (χ4v) is 4.03. The summed E-state index contributed by atoms with van der Waals surface area (Å²) in [5.41, 5.74) is 3.61. The van der Waals surface area contributed by atoms with Crippen molar-refractivity contribution in [3.05, 3.63) is 88.4 Å². The topological polar surface area (TPSA) is 63.1 Å². The number of nitrogens with zero attached hydrogens (tertiary/aromatic N) is 1.